The minimum absolute atomic E-state index is 0.0256. The van der Waals surface area contributed by atoms with Gasteiger partial charge in [-0.2, -0.15) is 0 Å². The number of nitrogens with zero attached hydrogens (tertiary/aromatic N) is 1. The first-order chi connectivity index (χ1) is 10.00. The molecule has 1 aliphatic heterocycles. The van der Waals surface area contributed by atoms with Gasteiger partial charge in [-0.05, 0) is 25.7 Å². The SMILES string of the molecule is CCOCC(C(C)C)N1CC(=O)NC2(CCCCC2)C1=O. The molecule has 1 heterocycles. The summed E-state index contributed by atoms with van der Waals surface area (Å²) in [7, 11) is 0. The van der Waals surface area contributed by atoms with E-state index in [0.29, 0.717) is 13.2 Å². The minimum atomic E-state index is -0.646. The largest absolute Gasteiger partial charge is 0.380 e. The number of nitrogens with one attached hydrogen (secondary N) is 1. The molecule has 0 radical (unpaired) electrons. The molecule has 1 atom stereocenters. The molecule has 21 heavy (non-hydrogen) atoms. The average molecular weight is 296 g/mol. The third kappa shape index (κ3) is 3.39. The van der Waals surface area contributed by atoms with Crippen molar-refractivity contribution in [3.8, 4) is 0 Å². The molecule has 2 aliphatic rings. The molecule has 1 N–H and O–H groups in total. The molecule has 0 aromatic rings. The summed E-state index contributed by atoms with van der Waals surface area (Å²) in [6.45, 7) is 7.40. The quantitative estimate of drug-likeness (QED) is 0.840. The van der Waals surface area contributed by atoms with Gasteiger partial charge in [-0.25, -0.2) is 0 Å². The second-order valence-electron chi connectivity index (χ2n) is 6.59. The van der Waals surface area contributed by atoms with Gasteiger partial charge < -0.3 is 15.0 Å². The van der Waals surface area contributed by atoms with E-state index in [1.807, 2.05) is 6.92 Å². The van der Waals surface area contributed by atoms with Crippen LogP contribution in [0.3, 0.4) is 0 Å². The van der Waals surface area contributed by atoms with Crippen molar-refractivity contribution < 1.29 is 14.3 Å². The maximum Gasteiger partial charge on any atom is 0.249 e. The van der Waals surface area contributed by atoms with Crippen LogP contribution in [0.2, 0.25) is 0 Å². The van der Waals surface area contributed by atoms with Gasteiger partial charge in [-0.1, -0.05) is 33.1 Å². The zero-order valence-electron chi connectivity index (χ0n) is 13.5. The maximum atomic E-state index is 13.0. The Morgan fingerprint density at radius 1 is 1.24 bits per heavy atom. The molecule has 1 aliphatic carbocycles. The number of rotatable bonds is 5. The van der Waals surface area contributed by atoms with Crippen molar-refractivity contribution in [3.05, 3.63) is 0 Å². The van der Waals surface area contributed by atoms with E-state index in [1.165, 1.54) is 0 Å². The molecule has 0 aromatic carbocycles. The highest BCUT2D eigenvalue weighted by Crippen LogP contribution is 2.33. The lowest BCUT2D eigenvalue weighted by atomic mass is 9.78. The van der Waals surface area contributed by atoms with Crippen molar-refractivity contribution in [2.75, 3.05) is 19.8 Å². The second kappa shape index (κ2) is 6.77. The van der Waals surface area contributed by atoms with Gasteiger partial charge in [0.1, 0.15) is 12.1 Å². The van der Waals surface area contributed by atoms with E-state index in [1.54, 1.807) is 4.90 Å². The zero-order valence-corrected chi connectivity index (χ0v) is 13.5. The molecule has 0 aromatic heterocycles. The Labute approximate surface area is 127 Å². The van der Waals surface area contributed by atoms with Crippen LogP contribution in [0.1, 0.15) is 52.9 Å². The lowest BCUT2D eigenvalue weighted by molar-refractivity contribution is -0.156. The predicted molar refractivity (Wildman–Crippen MR) is 80.8 cm³/mol. The number of piperazine rings is 1. The summed E-state index contributed by atoms with van der Waals surface area (Å²) in [6, 6.07) is -0.0256. The Hall–Kier alpha value is -1.10. The molecule has 2 rings (SSSR count). The van der Waals surface area contributed by atoms with E-state index in [4.69, 9.17) is 4.74 Å². The topological polar surface area (TPSA) is 58.6 Å². The lowest BCUT2D eigenvalue weighted by Gasteiger charge is -2.47. The van der Waals surface area contributed by atoms with Gasteiger partial charge in [0.2, 0.25) is 11.8 Å². The van der Waals surface area contributed by atoms with Crippen molar-refractivity contribution in [3.63, 3.8) is 0 Å². The van der Waals surface area contributed by atoms with Crippen LogP contribution in [-0.2, 0) is 14.3 Å². The van der Waals surface area contributed by atoms with Gasteiger partial charge in [0.25, 0.3) is 0 Å². The summed E-state index contributed by atoms with van der Waals surface area (Å²) in [6.07, 6.45) is 4.72. The average Bonchev–Trinajstić information content (AvgIpc) is 2.45. The standard InChI is InChI=1S/C16H28N2O3/c1-4-21-11-13(12(2)3)18-10-14(19)17-16(15(18)20)8-6-5-7-9-16/h12-13H,4-11H2,1-3H3,(H,17,19). The number of hydrogen-bond donors (Lipinski definition) is 1. The maximum absolute atomic E-state index is 13.0. The van der Waals surface area contributed by atoms with E-state index in [2.05, 4.69) is 19.2 Å². The Balaban J connectivity index is 2.20. The molecule has 1 saturated carbocycles. The number of carbonyl (C=O) groups excluding carboxylic acids is 2. The fourth-order valence-corrected chi connectivity index (χ4v) is 3.50. The van der Waals surface area contributed by atoms with Crippen LogP contribution in [0, 0.1) is 5.92 Å². The monoisotopic (exact) mass is 296 g/mol. The predicted octanol–water partition coefficient (Wildman–Crippen LogP) is 1.71. The van der Waals surface area contributed by atoms with Crippen molar-refractivity contribution in [2.24, 2.45) is 5.92 Å². The first kappa shape index (κ1) is 16.3. The van der Waals surface area contributed by atoms with Crippen LogP contribution in [0.25, 0.3) is 0 Å². The Kier molecular flexibility index (Phi) is 5.25. The first-order valence-electron chi connectivity index (χ1n) is 8.20. The van der Waals surface area contributed by atoms with Crippen LogP contribution in [0.4, 0.5) is 0 Å². The molecule has 1 unspecified atom stereocenters. The van der Waals surface area contributed by atoms with E-state index < -0.39 is 5.54 Å². The normalized spacial score (nSPS) is 23.5. The van der Waals surface area contributed by atoms with Crippen molar-refractivity contribution in [2.45, 2.75) is 64.5 Å². The molecular formula is C16H28N2O3. The van der Waals surface area contributed by atoms with E-state index in [9.17, 15) is 9.59 Å². The minimum Gasteiger partial charge on any atom is -0.380 e. The summed E-state index contributed by atoms with van der Waals surface area (Å²) < 4.78 is 5.54. The molecule has 120 valence electrons. The van der Waals surface area contributed by atoms with Crippen LogP contribution in [0.5, 0.6) is 0 Å². The molecule has 5 nitrogen and oxygen atoms in total. The Bertz CT molecular complexity index is 389. The van der Waals surface area contributed by atoms with Crippen molar-refractivity contribution in [1.29, 1.82) is 0 Å². The highest BCUT2D eigenvalue weighted by molar-refractivity contribution is 5.98. The molecule has 2 amide bonds. The number of hydrogen-bond acceptors (Lipinski definition) is 3. The van der Waals surface area contributed by atoms with Gasteiger partial charge in [-0.15, -0.1) is 0 Å². The van der Waals surface area contributed by atoms with Crippen molar-refractivity contribution in [1.82, 2.24) is 10.2 Å². The number of ether oxygens (including phenoxy) is 1. The summed E-state index contributed by atoms with van der Waals surface area (Å²) >= 11 is 0. The molecule has 1 spiro atoms. The molecule has 1 saturated heterocycles. The van der Waals surface area contributed by atoms with Gasteiger partial charge in [0.05, 0.1) is 12.6 Å². The first-order valence-corrected chi connectivity index (χ1v) is 8.20. The van der Waals surface area contributed by atoms with Gasteiger partial charge in [0.15, 0.2) is 0 Å². The molecule has 0 bridgehead atoms. The summed E-state index contributed by atoms with van der Waals surface area (Å²) in [5.74, 6) is 0.339. The third-order valence-electron chi connectivity index (χ3n) is 4.73. The second-order valence-corrected chi connectivity index (χ2v) is 6.59. The zero-order chi connectivity index (χ0) is 15.5. The van der Waals surface area contributed by atoms with E-state index in [-0.39, 0.29) is 30.3 Å². The van der Waals surface area contributed by atoms with Gasteiger partial charge in [0, 0.05) is 6.61 Å². The number of carbonyl (C=O) groups is 2. The Morgan fingerprint density at radius 3 is 2.48 bits per heavy atom. The summed E-state index contributed by atoms with van der Waals surface area (Å²) in [5, 5.41) is 2.99. The highest BCUT2D eigenvalue weighted by atomic mass is 16.5. The van der Waals surface area contributed by atoms with Crippen LogP contribution < -0.4 is 5.32 Å². The van der Waals surface area contributed by atoms with Gasteiger partial charge in [-0.3, -0.25) is 9.59 Å². The highest BCUT2D eigenvalue weighted by Gasteiger charge is 2.48. The van der Waals surface area contributed by atoms with Gasteiger partial charge >= 0.3 is 0 Å². The fourth-order valence-electron chi connectivity index (χ4n) is 3.50. The number of amides is 2. The smallest absolute Gasteiger partial charge is 0.249 e. The fraction of sp³-hybridized carbons (Fsp3) is 0.875. The summed E-state index contributed by atoms with van der Waals surface area (Å²) in [5.41, 5.74) is -0.646. The lowest BCUT2D eigenvalue weighted by Crippen LogP contribution is -2.69. The molecule has 5 heteroatoms. The van der Waals surface area contributed by atoms with Crippen LogP contribution in [0.15, 0.2) is 0 Å². The van der Waals surface area contributed by atoms with E-state index >= 15 is 0 Å². The summed E-state index contributed by atoms with van der Waals surface area (Å²) in [4.78, 5) is 26.9. The van der Waals surface area contributed by atoms with E-state index in [0.717, 1.165) is 32.1 Å². The molecular weight excluding hydrogens is 268 g/mol. The third-order valence-corrected chi connectivity index (χ3v) is 4.73. The van der Waals surface area contributed by atoms with Crippen molar-refractivity contribution >= 4 is 11.8 Å². The Morgan fingerprint density at radius 2 is 1.90 bits per heavy atom. The van der Waals surface area contributed by atoms with Crippen LogP contribution in [-0.4, -0.2) is 48.1 Å². The molecule has 2 fully saturated rings. The van der Waals surface area contributed by atoms with Crippen LogP contribution >= 0.6 is 0 Å².